The van der Waals surface area contributed by atoms with Gasteiger partial charge in [0.1, 0.15) is 12.3 Å². The van der Waals surface area contributed by atoms with Crippen LogP contribution < -0.4 is 15.8 Å². The molecule has 1 rings (SSSR count). The highest BCUT2D eigenvalue weighted by Gasteiger charge is 2.27. The Kier molecular flexibility index (Phi) is 4.74. The zero-order valence-electron chi connectivity index (χ0n) is 9.66. The predicted molar refractivity (Wildman–Crippen MR) is 59.5 cm³/mol. The number of hydrogen-bond acceptors (Lipinski definition) is 3. The maximum absolute atomic E-state index is 11.8. The smallest absolute Gasteiger partial charge is 0.405 e. The molecule has 3 N–H and O–H groups in total. The van der Waals surface area contributed by atoms with Crippen molar-refractivity contribution in [2.24, 2.45) is 5.73 Å². The lowest BCUT2D eigenvalue weighted by Gasteiger charge is -2.09. The van der Waals surface area contributed by atoms with Gasteiger partial charge in [0.15, 0.2) is 6.61 Å². The van der Waals surface area contributed by atoms with Crippen molar-refractivity contribution in [1.29, 1.82) is 0 Å². The van der Waals surface area contributed by atoms with E-state index >= 15 is 0 Å². The van der Waals surface area contributed by atoms with Crippen LogP contribution in [0.3, 0.4) is 0 Å². The zero-order chi connectivity index (χ0) is 14.5. The Labute approximate surface area is 106 Å². The van der Waals surface area contributed by atoms with Crippen LogP contribution in [0.15, 0.2) is 24.3 Å². The second-order valence-electron chi connectivity index (χ2n) is 3.57. The fourth-order valence-corrected chi connectivity index (χ4v) is 1.11. The molecule has 0 saturated carbocycles. The second kappa shape index (κ2) is 6.07. The van der Waals surface area contributed by atoms with Crippen LogP contribution in [0.2, 0.25) is 0 Å². The van der Waals surface area contributed by atoms with Crippen LogP contribution in [0.1, 0.15) is 10.4 Å². The molecule has 104 valence electrons. The van der Waals surface area contributed by atoms with Gasteiger partial charge in [-0.3, -0.25) is 9.59 Å². The molecule has 0 bridgehead atoms. The summed E-state index contributed by atoms with van der Waals surface area (Å²) in [5.41, 5.74) is 5.27. The van der Waals surface area contributed by atoms with E-state index < -0.39 is 31.1 Å². The first-order valence-electron chi connectivity index (χ1n) is 5.14. The van der Waals surface area contributed by atoms with Crippen molar-refractivity contribution in [2.45, 2.75) is 6.18 Å². The van der Waals surface area contributed by atoms with Gasteiger partial charge >= 0.3 is 6.18 Å². The normalized spacial score (nSPS) is 10.9. The quantitative estimate of drug-likeness (QED) is 0.836. The molecule has 0 unspecified atom stereocenters. The Morgan fingerprint density at radius 2 is 1.79 bits per heavy atom. The lowest BCUT2D eigenvalue weighted by Crippen LogP contribution is -2.36. The molecule has 0 heterocycles. The standard InChI is InChI=1S/C11H11F3N2O3/c12-11(13,14)6-16-9(17)5-19-8-3-1-7(2-4-8)10(15)18/h1-4H,5-6H2,(H2,15,18)(H,16,17). The molecule has 8 heteroatoms. The van der Waals surface area contributed by atoms with Gasteiger partial charge in [-0.2, -0.15) is 13.2 Å². The van der Waals surface area contributed by atoms with E-state index in [-0.39, 0.29) is 11.3 Å². The van der Waals surface area contributed by atoms with Crippen molar-refractivity contribution < 1.29 is 27.5 Å². The van der Waals surface area contributed by atoms with Crippen LogP contribution in [-0.2, 0) is 4.79 Å². The lowest BCUT2D eigenvalue weighted by atomic mass is 10.2. The third kappa shape index (κ3) is 5.75. The number of carbonyl (C=O) groups is 2. The van der Waals surface area contributed by atoms with Crippen LogP contribution in [0.5, 0.6) is 5.75 Å². The van der Waals surface area contributed by atoms with Gasteiger partial charge in [-0.25, -0.2) is 0 Å². The summed E-state index contributed by atoms with van der Waals surface area (Å²) in [7, 11) is 0. The highest BCUT2D eigenvalue weighted by Crippen LogP contribution is 2.13. The number of carbonyl (C=O) groups excluding carboxylic acids is 2. The highest BCUT2D eigenvalue weighted by molar-refractivity contribution is 5.92. The van der Waals surface area contributed by atoms with Gasteiger partial charge in [-0.15, -0.1) is 0 Å². The van der Waals surface area contributed by atoms with Gasteiger partial charge in [-0.05, 0) is 24.3 Å². The van der Waals surface area contributed by atoms with Crippen LogP contribution >= 0.6 is 0 Å². The third-order valence-corrected chi connectivity index (χ3v) is 1.99. The topological polar surface area (TPSA) is 81.4 Å². The maximum atomic E-state index is 11.8. The lowest BCUT2D eigenvalue weighted by molar-refractivity contribution is -0.139. The van der Waals surface area contributed by atoms with Crippen molar-refractivity contribution in [3.8, 4) is 5.75 Å². The Bertz CT molecular complexity index is 457. The van der Waals surface area contributed by atoms with E-state index in [1.165, 1.54) is 24.3 Å². The summed E-state index contributed by atoms with van der Waals surface area (Å²) in [5.74, 6) is -1.27. The largest absolute Gasteiger partial charge is 0.484 e. The predicted octanol–water partition coefficient (Wildman–Crippen LogP) is 0.843. The summed E-state index contributed by atoms with van der Waals surface area (Å²) in [4.78, 5) is 21.8. The molecule has 0 aliphatic rings. The number of ether oxygens (including phenoxy) is 1. The summed E-state index contributed by atoms with van der Waals surface area (Å²) in [6.45, 7) is -1.96. The van der Waals surface area contributed by atoms with Gasteiger partial charge in [0.05, 0.1) is 0 Å². The number of halogens is 3. The molecule has 0 aromatic heterocycles. The number of nitrogens with two attached hydrogens (primary N) is 1. The SMILES string of the molecule is NC(=O)c1ccc(OCC(=O)NCC(F)(F)F)cc1. The van der Waals surface area contributed by atoms with Crippen LogP contribution in [0, 0.1) is 0 Å². The molecule has 0 saturated heterocycles. The van der Waals surface area contributed by atoms with Gasteiger partial charge < -0.3 is 15.8 Å². The Morgan fingerprint density at radius 1 is 1.21 bits per heavy atom. The van der Waals surface area contributed by atoms with E-state index in [4.69, 9.17) is 10.5 Å². The summed E-state index contributed by atoms with van der Waals surface area (Å²) in [5, 5.41) is 1.66. The summed E-state index contributed by atoms with van der Waals surface area (Å²) in [6.07, 6.45) is -4.46. The first kappa shape index (κ1) is 14.8. The van der Waals surface area contributed by atoms with Crippen molar-refractivity contribution in [2.75, 3.05) is 13.2 Å². The summed E-state index contributed by atoms with van der Waals surface area (Å²) < 4.78 is 40.3. The number of nitrogens with one attached hydrogen (secondary N) is 1. The van der Waals surface area contributed by atoms with E-state index in [9.17, 15) is 22.8 Å². The summed E-state index contributed by atoms with van der Waals surface area (Å²) >= 11 is 0. The number of hydrogen-bond donors (Lipinski definition) is 2. The monoisotopic (exact) mass is 276 g/mol. The van der Waals surface area contributed by atoms with Gasteiger partial charge in [0.2, 0.25) is 5.91 Å². The molecule has 0 atom stereocenters. The first-order chi connectivity index (χ1) is 8.78. The first-order valence-corrected chi connectivity index (χ1v) is 5.14. The minimum absolute atomic E-state index is 0.243. The number of benzene rings is 1. The molecule has 0 radical (unpaired) electrons. The number of rotatable bonds is 5. The molecule has 1 aromatic carbocycles. The Morgan fingerprint density at radius 3 is 2.26 bits per heavy atom. The van der Waals surface area contributed by atoms with E-state index in [1.54, 1.807) is 5.32 Å². The number of alkyl halides is 3. The molecule has 0 aliphatic heterocycles. The molecule has 2 amide bonds. The van der Waals surface area contributed by atoms with E-state index in [0.717, 1.165) is 0 Å². The van der Waals surface area contributed by atoms with Crippen molar-refractivity contribution in [3.63, 3.8) is 0 Å². The van der Waals surface area contributed by atoms with Crippen molar-refractivity contribution in [3.05, 3.63) is 29.8 Å². The van der Waals surface area contributed by atoms with Gasteiger partial charge in [0.25, 0.3) is 5.91 Å². The van der Waals surface area contributed by atoms with E-state index in [1.807, 2.05) is 0 Å². The molecular weight excluding hydrogens is 265 g/mol. The van der Waals surface area contributed by atoms with Crippen LogP contribution in [0.4, 0.5) is 13.2 Å². The summed E-state index contributed by atoms with van der Waals surface area (Å²) in [6, 6.07) is 5.53. The second-order valence-corrected chi connectivity index (χ2v) is 3.57. The molecule has 0 aliphatic carbocycles. The average molecular weight is 276 g/mol. The third-order valence-electron chi connectivity index (χ3n) is 1.99. The minimum Gasteiger partial charge on any atom is -0.484 e. The maximum Gasteiger partial charge on any atom is 0.405 e. The Hall–Kier alpha value is -2.25. The van der Waals surface area contributed by atoms with Gasteiger partial charge in [-0.1, -0.05) is 0 Å². The highest BCUT2D eigenvalue weighted by atomic mass is 19.4. The Balaban J connectivity index is 2.40. The molecule has 0 fully saturated rings. The minimum atomic E-state index is -4.46. The van der Waals surface area contributed by atoms with Gasteiger partial charge in [0, 0.05) is 5.56 Å². The zero-order valence-corrected chi connectivity index (χ0v) is 9.66. The van der Waals surface area contributed by atoms with E-state index in [0.29, 0.717) is 0 Å². The fraction of sp³-hybridized carbons (Fsp3) is 0.273. The molecule has 0 spiro atoms. The van der Waals surface area contributed by atoms with Crippen LogP contribution in [0.25, 0.3) is 0 Å². The number of amides is 2. The molecule has 1 aromatic rings. The van der Waals surface area contributed by atoms with E-state index in [2.05, 4.69) is 0 Å². The number of primary amides is 1. The van der Waals surface area contributed by atoms with Crippen molar-refractivity contribution >= 4 is 11.8 Å². The van der Waals surface area contributed by atoms with Crippen molar-refractivity contribution in [1.82, 2.24) is 5.32 Å². The molecule has 19 heavy (non-hydrogen) atoms. The molecular formula is C11H11F3N2O3. The molecule has 5 nitrogen and oxygen atoms in total. The average Bonchev–Trinajstić information content (AvgIpc) is 2.33. The fourth-order valence-electron chi connectivity index (χ4n) is 1.11. The van der Waals surface area contributed by atoms with Crippen LogP contribution in [-0.4, -0.2) is 31.1 Å².